The average Bonchev–Trinajstić information content (AvgIpc) is 2.51. The minimum Gasteiger partial charge on any atom is -0.480 e. The highest BCUT2D eigenvalue weighted by Gasteiger charge is 2.13. The van der Waals surface area contributed by atoms with E-state index in [4.69, 9.17) is 10.8 Å². The third kappa shape index (κ3) is 2.50. The number of carboxylic acid groups (broad SMARTS) is 1. The van der Waals surface area contributed by atoms with Crippen molar-refractivity contribution in [2.45, 2.75) is 25.3 Å². The number of rotatable bonds is 4. The van der Waals surface area contributed by atoms with Crippen molar-refractivity contribution >= 4 is 11.7 Å². The van der Waals surface area contributed by atoms with E-state index in [1.807, 2.05) is 0 Å². The van der Waals surface area contributed by atoms with Crippen molar-refractivity contribution in [2.24, 2.45) is 10.8 Å². The summed E-state index contributed by atoms with van der Waals surface area (Å²) >= 11 is 0. The van der Waals surface area contributed by atoms with Crippen LogP contribution in [0.1, 0.15) is 19.3 Å². The van der Waals surface area contributed by atoms with Gasteiger partial charge in [0.2, 0.25) is 0 Å². The third-order valence-electron chi connectivity index (χ3n) is 1.82. The first-order valence-electron chi connectivity index (χ1n) is 3.97. The molecule has 1 aliphatic heterocycles. The zero-order valence-electron chi connectivity index (χ0n) is 6.79. The molecule has 0 aliphatic carbocycles. The van der Waals surface area contributed by atoms with Gasteiger partial charge in [-0.1, -0.05) is 0 Å². The Bertz CT molecular complexity index is 203. The van der Waals surface area contributed by atoms with E-state index in [1.165, 1.54) is 0 Å². The van der Waals surface area contributed by atoms with Gasteiger partial charge in [0.05, 0.1) is 0 Å². The second-order valence-corrected chi connectivity index (χ2v) is 2.82. The molecule has 68 valence electrons. The van der Waals surface area contributed by atoms with Gasteiger partial charge in [-0.15, -0.1) is 0 Å². The predicted molar refractivity (Wildman–Crippen MR) is 44.9 cm³/mol. The zero-order chi connectivity index (χ0) is 8.97. The molecule has 0 radical (unpaired) electrons. The van der Waals surface area contributed by atoms with Gasteiger partial charge in [-0.3, -0.25) is 4.79 Å². The summed E-state index contributed by atoms with van der Waals surface area (Å²) in [6, 6.07) is -0.756. The molecule has 0 aromatic carbocycles. The molecule has 0 saturated carbocycles. The molecule has 0 amide bonds. The molecule has 4 N–H and O–H groups in total. The largest absolute Gasteiger partial charge is 0.480 e. The lowest BCUT2D eigenvalue weighted by Gasteiger charge is -2.04. The normalized spacial score (nSPS) is 18.2. The highest BCUT2D eigenvalue weighted by Crippen LogP contribution is 2.03. The van der Waals surface area contributed by atoms with E-state index in [9.17, 15) is 4.79 Å². The summed E-state index contributed by atoms with van der Waals surface area (Å²) in [5.74, 6) is -0.943. The van der Waals surface area contributed by atoms with Gasteiger partial charge in [0.25, 0.3) is 0 Å². The highest BCUT2D eigenvalue weighted by atomic mass is 16.4. The van der Waals surface area contributed by atoms with Crippen molar-refractivity contribution in [3.05, 3.63) is 0 Å². The molecular formula is C7H13N3O2. The molecule has 1 aliphatic rings. The van der Waals surface area contributed by atoms with Crippen molar-refractivity contribution in [1.29, 1.82) is 0 Å². The van der Waals surface area contributed by atoms with Crippen LogP contribution in [0.15, 0.2) is 5.10 Å². The smallest absolute Gasteiger partial charge is 0.320 e. The lowest BCUT2D eigenvalue weighted by Crippen LogP contribution is -2.30. The van der Waals surface area contributed by atoms with Gasteiger partial charge in [-0.25, -0.2) is 0 Å². The first-order valence-corrected chi connectivity index (χ1v) is 3.97. The number of nitrogens with zero attached hydrogens (tertiary/aromatic N) is 1. The van der Waals surface area contributed by atoms with E-state index in [0.717, 1.165) is 18.7 Å². The maximum Gasteiger partial charge on any atom is 0.320 e. The van der Waals surface area contributed by atoms with E-state index in [-0.39, 0.29) is 0 Å². The molecule has 0 fully saturated rings. The van der Waals surface area contributed by atoms with Crippen LogP contribution in [0.25, 0.3) is 0 Å². The van der Waals surface area contributed by atoms with Crippen molar-refractivity contribution in [3.63, 3.8) is 0 Å². The molecule has 0 saturated heterocycles. The van der Waals surface area contributed by atoms with Gasteiger partial charge in [0.15, 0.2) is 0 Å². The topological polar surface area (TPSA) is 87.7 Å². The molecular weight excluding hydrogens is 158 g/mol. The Labute approximate surface area is 70.6 Å². The number of hydrogen-bond acceptors (Lipinski definition) is 4. The van der Waals surface area contributed by atoms with Crippen LogP contribution in [-0.2, 0) is 4.79 Å². The molecule has 5 nitrogen and oxygen atoms in total. The number of hydrogen-bond donors (Lipinski definition) is 3. The SMILES string of the molecule is NC(CCC1=NNCC1)C(=O)O. The fraction of sp³-hybridized carbons (Fsp3) is 0.714. The quantitative estimate of drug-likeness (QED) is 0.533. The summed E-state index contributed by atoms with van der Waals surface area (Å²) < 4.78 is 0. The Hall–Kier alpha value is -1.10. The van der Waals surface area contributed by atoms with Crippen LogP contribution in [0.3, 0.4) is 0 Å². The summed E-state index contributed by atoms with van der Waals surface area (Å²) in [7, 11) is 0. The summed E-state index contributed by atoms with van der Waals surface area (Å²) in [5.41, 5.74) is 9.16. The summed E-state index contributed by atoms with van der Waals surface area (Å²) in [5, 5.41) is 12.5. The third-order valence-corrected chi connectivity index (χ3v) is 1.82. The Kier molecular flexibility index (Phi) is 3.04. The molecule has 5 heteroatoms. The molecule has 1 heterocycles. The van der Waals surface area contributed by atoms with Crippen LogP contribution >= 0.6 is 0 Å². The van der Waals surface area contributed by atoms with E-state index in [0.29, 0.717) is 12.8 Å². The molecule has 1 unspecified atom stereocenters. The second-order valence-electron chi connectivity index (χ2n) is 2.82. The Balaban J connectivity index is 2.20. The fourth-order valence-electron chi connectivity index (χ4n) is 1.05. The number of hydrazone groups is 1. The van der Waals surface area contributed by atoms with Gasteiger partial charge in [-0.2, -0.15) is 5.10 Å². The monoisotopic (exact) mass is 171 g/mol. The van der Waals surface area contributed by atoms with Gasteiger partial charge in [0, 0.05) is 18.7 Å². The summed E-state index contributed by atoms with van der Waals surface area (Å²) in [4.78, 5) is 10.3. The van der Waals surface area contributed by atoms with Gasteiger partial charge >= 0.3 is 5.97 Å². The summed E-state index contributed by atoms with van der Waals surface area (Å²) in [6.07, 6.45) is 2.06. The van der Waals surface area contributed by atoms with Crippen LogP contribution in [0.2, 0.25) is 0 Å². The summed E-state index contributed by atoms with van der Waals surface area (Å²) in [6.45, 7) is 0.859. The Morgan fingerprint density at radius 2 is 2.58 bits per heavy atom. The van der Waals surface area contributed by atoms with Crippen molar-refractivity contribution in [2.75, 3.05) is 6.54 Å². The van der Waals surface area contributed by atoms with Crippen LogP contribution in [0.4, 0.5) is 0 Å². The van der Waals surface area contributed by atoms with Crippen molar-refractivity contribution < 1.29 is 9.90 Å². The minimum atomic E-state index is -0.943. The molecule has 1 rings (SSSR count). The van der Waals surface area contributed by atoms with Crippen molar-refractivity contribution in [3.8, 4) is 0 Å². The molecule has 0 aromatic rings. The van der Waals surface area contributed by atoms with Gasteiger partial charge in [0.1, 0.15) is 6.04 Å². The number of nitrogens with two attached hydrogens (primary N) is 1. The molecule has 0 aromatic heterocycles. The van der Waals surface area contributed by atoms with Gasteiger partial charge in [-0.05, 0) is 12.8 Å². The molecule has 0 spiro atoms. The fourth-order valence-corrected chi connectivity index (χ4v) is 1.05. The first kappa shape index (κ1) is 8.99. The zero-order valence-corrected chi connectivity index (χ0v) is 6.79. The van der Waals surface area contributed by atoms with E-state index < -0.39 is 12.0 Å². The number of carboxylic acids is 1. The second kappa shape index (κ2) is 4.06. The van der Waals surface area contributed by atoms with Crippen LogP contribution < -0.4 is 11.2 Å². The van der Waals surface area contributed by atoms with Crippen LogP contribution in [-0.4, -0.2) is 29.4 Å². The van der Waals surface area contributed by atoms with E-state index in [2.05, 4.69) is 10.5 Å². The average molecular weight is 171 g/mol. The van der Waals surface area contributed by atoms with Crippen LogP contribution in [0, 0.1) is 0 Å². The van der Waals surface area contributed by atoms with E-state index >= 15 is 0 Å². The Morgan fingerprint density at radius 3 is 3.08 bits per heavy atom. The lowest BCUT2D eigenvalue weighted by molar-refractivity contribution is -0.138. The first-order chi connectivity index (χ1) is 5.70. The maximum absolute atomic E-state index is 10.3. The number of nitrogens with one attached hydrogen (secondary N) is 1. The lowest BCUT2D eigenvalue weighted by atomic mass is 10.1. The number of carbonyl (C=O) groups is 1. The van der Waals surface area contributed by atoms with E-state index in [1.54, 1.807) is 0 Å². The highest BCUT2D eigenvalue weighted by molar-refractivity contribution is 5.86. The standard InChI is InChI=1S/C7H13N3O2/c8-6(7(11)12)2-1-5-3-4-9-10-5/h6,9H,1-4,8H2,(H,11,12). The Morgan fingerprint density at radius 1 is 1.83 bits per heavy atom. The molecule has 1 atom stereocenters. The minimum absolute atomic E-state index is 0.468. The van der Waals surface area contributed by atoms with Crippen LogP contribution in [0.5, 0.6) is 0 Å². The van der Waals surface area contributed by atoms with Gasteiger partial charge < -0.3 is 16.3 Å². The molecule has 0 bridgehead atoms. The number of aliphatic carboxylic acids is 1. The maximum atomic E-state index is 10.3. The predicted octanol–water partition coefficient (Wildman–Crippen LogP) is -0.472. The molecule has 12 heavy (non-hydrogen) atoms. The van der Waals surface area contributed by atoms with Crippen molar-refractivity contribution in [1.82, 2.24) is 5.43 Å².